The highest BCUT2D eigenvalue weighted by Gasteiger charge is 2.52. The Bertz CT molecular complexity index is 357. The molecule has 1 saturated carbocycles. The van der Waals surface area contributed by atoms with Gasteiger partial charge in [0.2, 0.25) is 11.8 Å². The van der Waals surface area contributed by atoms with Crippen molar-refractivity contribution >= 4 is 11.8 Å². The highest BCUT2D eigenvalue weighted by atomic mass is 16.2. The van der Waals surface area contributed by atoms with Crippen molar-refractivity contribution in [2.24, 2.45) is 17.1 Å². The monoisotopic (exact) mass is 266 g/mol. The summed E-state index contributed by atoms with van der Waals surface area (Å²) in [5.41, 5.74) is 5.43. The van der Waals surface area contributed by atoms with E-state index in [0.717, 1.165) is 25.7 Å². The van der Waals surface area contributed by atoms with Gasteiger partial charge in [-0.3, -0.25) is 14.5 Å². The lowest BCUT2D eigenvalue weighted by atomic mass is 9.81. The summed E-state index contributed by atoms with van der Waals surface area (Å²) in [5.74, 6) is 0.448. The van der Waals surface area contributed by atoms with Crippen LogP contribution in [0.15, 0.2) is 0 Å². The molecule has 1 heterocycles. The minimum Gasteiger partial charge on any atom is -0.328 e. The molecule has 1 atom stereocenters. The van der Waals surface area contributed by atoms with E-state index in [9.17, 15) is 9.59 Å². The zero-order valence-electron chi connectivity index (χ0n) is 12.2. The minimum absolute atomic E-state index is 0.00366. The van der Waals surface area contributed by atoms with E-state index in [1.165, 1.54) is 17.7 Å². The van der Waals surface area contributed by atoms with Gasteiger partial charge in [-0.25, -0.2) is 0 Å². The first-order valence-electron chi connectivity index (χ1n) is 7.66. The summed E-state index contributed by atoms with van der Waals surface area (Å²) in [7, 11) is 0. The van der Waals surface area contributed by atoms with Crippen LogP contribution in [0.4, 0.5) is 0 Å². The maximum Gasteiger partial charge on any atom is 0.236 e. The molecule has 2 fully saturated rings. The number of nitrogens with two attached hydrogens (primary N) is 1. The number of hydrogen-bond acceptors (Lipinski definition) is 3. The van der Waals surface area contributed by atoms with Crippen LogP contribution in [0.1, 0.15) is 58.8 Å². The normalized spacial score (nSPS) is 25.3. The van der Waals surface area contributed by atoms with E-state index in [0.29, 0.717) is 18.9 Å². The number of imide groups is 1. The van der Waals surface area contributed by atoms with Gasteiger partial charge in [-0.2, -0.15) is 0 Å². The van der Waals surface area contributed by atoms with Crippen molar-refractivity contribution in [3.05, 3.63) is 0 Å². The van der Waals surface area contributed by atoms with Crippen molar-refractivity contribution in [2.45, 2.75) is 64.8 Å². The molecule has 2 aliphatic rings. The Balaban J connectivity index is 2.23. The average Bonchev–Trinajstić information content (AvgIpc) is 3.01. The van der Waals surface area contributed by atoms with Gasteiger partial charge in [-0.05, 0) is 31.6 Å². The van der Waals surface area contributed by atoms with Crippen molar-refractivity contribution in [3.63, 3.8) is 0 Å². The molecule has 0 aromatic carbocycles. The molecular formula is C15H26N2O2. The van der Waals surface area contributed by atoms with E-state index in [4.69, 9.17) is 5.73 Å². The first-order chi connectivity index (χ1) is 9.09. The van der Waals surface area contributed by atoms with Gasteiger partial charge in [0.15, 0.2) is 0 Å². The Labute approximate surface area is 115 Å². The van der Waals surface area contributed by atoms with Crippen LogP contribution in [0, 0.1) is 11.3 Å². The number of carbonyl (C=O) groups is 2. The Hall–Kier alpha value is -0.900. The molecule has 108 valence electrons. The molecule has 19 heavy (non-hydrogen) atoms. The summed E-state index contributed by atoms with van der Waals surface area (Å²) in [6.07, 6.45) is 6.46. The Morgan fingerprint density at radius 2 is 1.84 bits per heavy atom. The standard InChI is InChI=1S/C15H26N2O2/c1-3-15(4-2)9-13(18)17(14(15)19)12(10-16)11-7-5-6-8-11/h11-12H,3-10,16H2,1-2H3. The highest BCUT2D eigenvalue weighted by Crippen LogP contribution is 2.42. The fraction of sp³-hybridized carbons (Fsp3) is 0.867. The molecule has 1 unspecified atom stereocenters. The number of amides is 2. The maximum atomic E-state index is 12.7. The van der Waals surface area contributed by atoms with E-state index in [1.807, 2.05) is 13.8 Å². The molecule has 2 N–H and O–H groups in total. The van der Waals surface area contributed by atoms with Crippen LogP contribution in [0.25, 0.3) is 0 Å². The van der Waals surface area contributed by atoms with Crippen molar-refractivity contribution in [2.75, 3.05) is 6.54 Å². The molecule has 4 nitrogen and oxygen atoms in total. The van der Waals surface area contributed by atoms with Crippen LogP contribution in [0.3, 0.4) is 0 Å². The van der Waals surface area contributed by atoms with Crippen molar-refractivity contribution in [1.29, 1.82) is 0 Å². The molecule has 1 aliphatic heterocycles. The predicted molar refractivity (Wildman–Crippen MR) is 74.3 cm³/mol. The Kier molecular flexibility index (Phi) is 4.29. The lowest BCUT2D eigenvalue weighted by Gasteiger charge is -2.32. The van der Waals surface area contributed by atoms with Gasteiger partial charge in [0.25, 0.3) is 0 Å². The van der Waals surface area contributed by atoms with Gasteiger partial charge in [0.05, 0.1) is 11.5 Å². The number of hydrogen-bond donors (Lipinski definition) is 1. The van der Waals surface area contributed by atoms with Crippen LogP contribution in [0.2, 0.25) is 0 Å². The second-order valence-corrected chi connectivity index (χ2v) is 6.08. The van der Waals surface area contributed by atoms with E-state index >= 15 is 0 Å². The molecule has 0 aromatic heterocycles. The van der Waals surface area contributed by atoms with Gasteiger partial charge in [0.1, 0.15) is 0 Å². The van der Waals surface area contributed by atoms with Crippen molar-refractivity contribution in [3.8, 4) is 0 Å². The van der Waals surface area contributed by atoms with Crippen LogP contribution in [-0.2, 0) is 9.59 Å². The smallest absolute Gasteiger partial charge is 0.236 e. The maximum absolute atomic E-state index is 12.7. The van der Waals surface area contributed by atoms with Gasteiger partial charge in [-0.1, -0.05) is 26.7 Å². The summed E-state index contributed by atoms with van der Waals surface area (Å²) in [5, 5.41) is 0. The summed E-state index contributed by atoms with van der Waals surface area (Å²) >= 11 is 0. The fourth-order valence-electron chi connectivity index (χ4n) is 3.81. The third kappa shape index (κ3) is 2.31. The van der Waals surface area contributed by atoms with Crippen molar-refractivity contribution < 1.29 is 9.59 Å². The quantitative estimate of drug-likeness (QED) is 0.775. The summed E-state index contributed by atoms with van der Waals surface area (Å²) in [6.45, 7) is 4.42. The molecule has 1 saturated heterocycles. The van der Waals surface area contributed by atoms with Crippen LogP contribution < -0.4 is 5.73 Å². The molecule has 0 bridgehead atoms. The molecule has 2 amide bonds. The summed E-state index contributed by atoms with van der Waals surface area (Å²) in [4.78, 5) is 26.6. The lowest BCUT2D eigenvalue weighted by Crippen LogP contribution is -2.49. The van der Waals surface area contributed by atoms with E-state index < -0.39 is 5.41 Å². The number of rotatable bonds is 5. The van der Waals surface area contributed by atoms with E-state index in [1.54, 1.807) is 0 Å². The zero-order chi connectivity index (χ0) is 14.0. The molecular weight excluding hydrogens is 240 g/mol. The highest BCUT2D eigenvalue weighted by molar-refractivity contribution is 6.06. The van der Waals surface area contributed by atoms with Crippen LogP contribution in [-0.4, -0.2) is 29.3 Å². The number of nitrogens with zero attached hydrogens (tertiary/aromatic N) is 1. The molecule has 1 aliphatic carbocycles. The first kappa shape index (κ1) is 14.5. The Morgan fingerprint density at radius 3 is 2.26 bits per heavy atom. The molecule has 0 radical (unpaired) electrons. The van der Waals surface area contributed by atoms with Gasteiger partial charge >= 0.3 is 0 Å². The van der Waals surface area contributed by atoms with Crippen LogP contribution in [0.5, 0.6) is 0 Å². The van der Waals surface area contributed by atoms with Gasteiger partial charge < -0.3 is 5.73 Å². The van der Waals surface area contributed by atoms with Crippen LogP contribution >= 0.6 is 0 Å². The van der Waals surface area contributed by atoms with Gasteiger partial charge in [0, 0.05) is 13.0 Å². The zero-order valence-corrected chi connectivity index (χ0v) is 12.2. The number of likely N-dealkylation sites (tertiary alicyclic amines) is 1. The van der Waals surface area contributed by atoms with Crippen molar-refractivity contribution in [1.82, 2.24) is 4.90 Å². The second kappa shape index (κ2) is 5.61. The van der Waals surface area contributed by atoms with Gasteiger partial charge in [-0.15, -0.1) is 0 Å². The Morgan fingerprint density at radius 1 is 1.26 bits per heavy atom. The minimum atomic E-state index is -0.455. The molecule has 0 spiro atoms. The average molecular weight is 266 g/mol. The molecule has 0 aromatic rings. The SMILES string of the molecule is CCC1(CC)CC(=O)N(C(CN)C2CCCC2)C1=O. The summed E-state index contributed by atoms with van der Waals surface area (Å²) in [6, 6.07) is -0.0672. The largest absolute Gasteiger partial charge is 0.328 e. The third-order valence-corrected chi connectivity index (χ3v) is 5.30. The first-order valence-corrected chi connectivity index (χ1v) is 7.66. The lowest BCUT2D eigenvalue weighted by molar-refractivity contribution is -0.145. The molecule has 2 rings (SSSR count). The number of carbonyl (C=O) groups excluding carboxylic acids is 2. The third-order valence-electron chi connectivity index (χ3n) is 5.30. The second-order valence-electron chi connectivity index (χ2n) is 6.08. The molecule has 4 heteroatoms. The van der Waals surface area contributed by atoms with E-state index in [-0.39, 0.29) is 17.9 Å². The summed E-state index contributed by atoms with van der Waals surface area (Å²) < 4.78 is 0. The topological polar surface area (TPSA) is 63.4 Å². The van der Waals surface area contributed by atoms with E-state index in [2.05, 4.69) is 0 Å². The fourth-order valence-corrected chi connectivity index (χ4v) is 3.81. The predicted octanol–water partition coefficient (Wildman–Crippen LogP) is 2.07.